The molecule has 0 saturated heterocycles. The van der Waals surface area contributed by atoms with Gasteiger partial charge in [-0.15, -0.1) is 4.73 Å². The van der Waals surface area contributed by atoms with E-state index in [1.807, 2.05) is 49.4 Å². The molecular weight excluding hydrogens is 758 g/mol. The topological polar surface area (TPSA) is 196 Å². The fraction of sp³-hybridized carbons (Fsp3) is 0.395. The number of benzene rings is 2. The minimum absolute atomic E-state index is 0.0420. The molecule has 3 aromatic rings. The van der Waals surface area contributed by atoms with Crippen LogP contribution in [0.25, 0.3) is 0 Å². The monoisotopic (exact) mass is 802 g/mol. The largest absolute Gasteiger partial charge is 0.492 e. The number of aromatic hydroxyl groups is 2. The highest BCUT2D eigenvalue weighted by Crippen LogP contribution is 2.45. The number of aromatic nitrogens is 1. The Morgan fingerprint density at radius 3 is 2.28 bits per heavy atom. The number of carbonyl (C=O) groups excluding carboxylic acids is 1. The second-order valence-electron chi connectivity index (χ2n) is 14.2. The van der Waals surface area contributed by atoms with Crippen LogP contribution in [0.1, 0.15) is 83.3 Å². The molecule has 16 heteroatoms. The Morgan fingerprint density at radius 1 is 0.889 bits per heavy atom. The molecule has 13 nitrogen and oxygen atoms in total. The van der Waals surface area contributed by atoms with E-state index < -0.39 is 48.8 Å². The third-order valence-electron chi connectivity index (χ3n) is 9.93. The molecule has 1 atom stereocenters. The van der Waals surface area contributed by atoms with Crippen molar-refractivity contribution in [3.05, 3.63) is 89.0 Å². The van der Waals surface area contributed by atoms with E-state index in [2.05, 4.69) is 18.4 Å². The summed E-state index contributed by atoms with van der Waals surface area (Å²) in [6.45, 7) is 6.72. The second-order valence-corrected chi connectivity index (χ2v) is 17.6. The summed E-state index contributed by atoms with van der Waals surface area (Å²) in [6, 6.07) is 12.5. The van der Waals surface area contributed by atoms with E-state index >= 15 is 0 Å². The van der Waals surface area contributed by atoms with Gasteiger partial charge < -0.3 is 15.1 Å². The van der Waals surface area contributed by atoms with Gasteiger partial charge in [-0.2, -0.15) is 21.4 Å². The van der Waals surface area contributed by atoms with Crippen molar-refractivity contribution in [3.63, 3.8) is 0 Å². The van der Waals surface area contributed by atoms with Crippen molar-refractivity contribution in [3.8, 4) is 11.8 Å². The molecule has 290 valence electrons. The molecular formula is C38H45ClN3O10S2+. The molecule has 0 bridgehead atoms. The molecule has 0 radical (unpaired) electrons. The first-order valence-corrected chi connectivity index (χ1v) is 21.0. The van der Waals surface area contributed by atoms with Gasteiger partial charge in [-0.1, -0.05) is 36.6 Å². The van der Waals surface area contributed by atoms with E-state index in [9.17, 15) is 40.9 Å². The molecule has 2 aliphatic heterocycles. The average Bonchev–Trinajstić information content (AvgIpc) is 3.63. The van der Waals surface area contributed by atoms with Gasteiger partial charge in [0.25, 0.3) is 20.2 Å². The minimum atomic E-state index is -4.46. The number of halogens is 1. The smallest absolute Gasteiger partial charge is 0.333 e. The first-order chi connectivity index (χ1) is 25.3. The summed E-state index contributed by atoms with van der Waals surface area (Å²) in [5.74, 6) is -1.74. The van der Waals surface area contributed by atoms with Crippen molar-refractivity contribution < 1.29 is 50.4 Å². The SMILES string of the molecule is CC1(C)C(/C=C/C/C=C/C2=Nc3ccc(S(=O)(=O)O)cc3C2(C)CCCCCC(=O)On2c(O)ccc2O)=[N+](CCCCS(=O)(=O)O)c2ccc(Cl)cc21. The van der Waals surface area contributed by atoms with E-state index in [0.29, 0.717) is 78.2 Å². The number of allylic oxidation sites excluding steroid dienone is 4. The summed E-state index contributed by atoms with van der Waals surface area (Å²) in [5.41, 5.74) is 3.92. The average molecular weight is 803 g/mol. The van der Waals surface area contributed by atoms with Crippen LogP contribution in [0, 0.1) is 0 Å². The lowest BCUT2D eigenvalue weighted by Crippen LogP contribution is -2.28. The molecule has 1 aromatic heterocycles. The zero-order valence-electron chi connectivity index (χ0n) is 30.3. The molecule has 0 saturated carbocycles. The van der Waals surface area contributed by atoms with Crippen molar-refractivity contribution in [2.24, 2.45) is 4.99 Å². The number of carbonyl (C=O) groups is 1. The summed E-state index contributed by atoms with van der Waals surface area (Å²) in [4.78, 5) is 21.9. The van der Waals surface area contributed by atoms with Crippen molar-refractivity contribution in [1.82, 2.24) is 4.73 Å². The molecule has 3 heterocycles. The van der Waals surface area contributed by atoms with Crippen molar-refractivity contribution in [2.75, 3.05) is 12.3 Å². The Hall–Kier alpha value is -4.28. The first kappa shape index (κ1) is 40.9. The van der Waals surface area contributed by atoms with Gasteiger partial charge in [-0.05, 0) is 88.4 Å². The molecule has 0 aliphatic carbocycles. The van der Waals surface area contributed by atoms with Crippen LogP contribution in [-0.2, 0) is 35.9 Å². The Morgan fingerprint density at radius 2 is 1.59 bits per heavy atom. The van der Waals surface area contributed by atoms with Crippen LogP contribution >= 0.6 is 11.6 Å². The number of unbranched alkanes of at least 4 members (excludes halogenated alkanes) is 3. The van der Waals surface area contributed by atoms with Crippen LogP contribution in [0.5, 0.6) is 11.8 Å². The fourth-order valence-electron chi connectivity index (χ4n) is 7.04. The number of rotatable bonds is 17. The maximum Gasteiger partial charge on any atom is 0.333 e. The standard InChI is InChI=1S/C38H44ClN3O10S2/c1-37(2)29-24-26(39)15-18-31(29)41(22-10-11-23-53(46,47)48)33(37)13-7-4-6-12-32-38(3,28-25-27(54(49,50)51)16-17-30(28)40-32)21-9-5-8-14-36(45)52-42-34(43)19-20-35(42)44/h6-7,12-13,15-20,24-25H,4-5,8-11,14,21-23H2,1-3H3,(H3-,43,44,46,47,48,49,50,51)/p+1/b12-6+,13-7+. The van der Waals surface area contributed by atoms with Crippen molar-refractivity contribution >= 4 is 60.6 Å². The highest BCUT2D eigenvalue weighted by molar-refractivity contribution is 7.86. The quantitative estimate of drug-likeness (QED) is 0.0627. The predicted octanol–water partition coefficient (Wildman–Crippen LogP) is 7.00. The Balaban J connectivity index is 1.29. The van der Waals surface area contributed by atoms with Gasteiger partial charge in [0.05, 0.1) is 27.5 Å². The highest BCUT2D eigenvalue weighted by Gasteiger charge is 2.44. The molecule has 1 unspecified atom stereocenters. The van der Waals surface area contributed by atoms with E-state index in [-0.39, 0.29) is 17.1 Å². The summed E-state index contributed by atoms with van der Waals surface area (Å²) in [5, 5.41) is 20.0. The Kier molecular flexibility index (Phi) is 12.3. The van der Waals surface area contributed by atoms with Gasteiger partial charge >= 0.3 is 5.97 Å². The zero-order chi connectivity index (χ0) is 39.5. The lowest BCUT2D eigenvalue weighted by molar-refractivity contribution is -0.438. The summed E-state index contributed by atoms with van der Waals surface area (Å²) in [7, 11) is -8.51. The molecule has 4 N–H and O–H groups in total. The third-order valence-corrected chi connectivity index (χ3v) is 11.8. The molecule has 2 aromatic carbocycles. The van der Waals surface area contributed by atoms with Gasteiger partial charge in [0, 0.05) is 53.1 Å². The predicted molar refractivity (Wildman–Crippen MR) is 206 cm³/mol. The molecule has 0 fully saturated rings. The number of hydrogen-bond donors (Lipinski definition) is 4. The van der Waals surface area contributed by atoms with E-state index in [1.165, 1.54) is 24.3 Å². The fourth-order valence-corrected chi connectivity index (χ4v) is 8.29. The molecule has 54 heavy (non-hydrogen) atoms. The van der Waals surface area contributed by atoms with Crippen molar-refractivity contribution in [1.29, 1.82) is 0 Å². The lowest BCUT2D eigenvalue weighted by atomic mass is 9.75. The summed E-state index contributed by atoms with van der Waals surface area (Å²) >= 11 is 6.37. The third kappa shape index (κ3) is 9.32. The molecule has 0 amide bonds. The minimum Gasteiger partial charge on any atom is -0.492 e. The van der Waals surface area contributed by atoms with E-state index in [0.717, 1.165) is 17.0 Å². The number of aliphatic imine (C=N–C) groups is 1. The van der Waals surface area contributed by atoms with Gasteiger partial charge in [0.2, 0.25) is 17.4 Å². The van der Waals surface area contributed by atoms with E-state index in [4.69, 9.17) is 21.4 Å². The Bertz CT molecular complexity index is 2250. The Labute approximate surface area is 320 Å². The van der Waals surface area contributed by atoms with E-state index in [1.54, 1.807) is 6.07 Å². The van der Waals surface area contributed by atoms with Crippen LogP contribution in [-0.4, -0.2) is 75.2 Å². The lowest BCUT2D eigenvalue weighted by Gasteiger charge is -2.27. The maximum atomic E-state index is 12.3. The van der Waals surface area contributed by atoms with Gasteiger partial charge in [-0.25, -0.2) is 4.79 Å². The zero-order valence-corrected chi connectivity index (χ0v) is 32.7. The molecule has 5 rings (SSSR count). The summed E-state index contributed by atoms with van der Waals surface area (Å²) in [6.07, 6.45) is 11.7. The van der Waals surface area contributed by atoms with Crippen LogP contribution in [0.3, 0.4) is 0 Å². The van der Waals surface area contributed by atoms with Crippen LogP contribution < -0.4 is 4.84 Å². The normalized spacial score (nSPS) is 18.1. The van der Waals surface area contributed by atoms with Gasteiger partial charge in [-0.3, -0.25) is 14.1 Å². The molecule has 0 spiro atoms. The van der Waals surface area contributed by atoms with Crippen LogP contribution in [0.15, 0.2) is 82.7 Å². The molecule has 2 aliphatic rings. The maximum absolute atomic E-state index is 12.3. The van der Waals surface area contributed by atoms with Gasteiger partial charge in [0.15, 0.2) is 5.71 Å². The summed E-state index contributed by atoms with van der Waals surface area (Å²) < 4.78 is 68.4. The highest BCUT2D eigenvalue weighted by atomic mass is 35.5. The van der Waals surface area contributed by atoms with Crippen LogP contribution in [0.4, 0.5) is 11.4 Å². The van der Waals surface area contributed by atoms with Gasteiger partial charge in [0.1, 0.15) is 6.54 Å². The number of hydrogen-bond acceptors (Lipinski definition) is 9. The van der Waals surface area contributed by atoms with Crippen molar-refractivity contribution in [2.45, 2.75) is 87.9 Å². The number of fused-ring (bicyclic) bond motifs is 2. The van der Waals surface area contributed by atoms with Crippen LogP contribution in [0.2, 0.25) is 5.02 Å². The number of nitrogens with zero attached hydrogens (tertiary/aromatic N) is 3. The first-order valence-electron chi connectivity index (χ1n) is 17.6. The second kappa shape index (κ2) is 16.2.